The lowest BCUT2D eigenvalue weighted by atomic mass is 10.2. The summed E-state index contributed by atoms with van der Waals surface area (Å²) in [6.45, 7) is 0. The Hall–Kier alpha value is -1.71. The first kappa shape index (κ1) is 6.97. The van der Waals surface area contributed by atoms with E-state index in [0.717, 1.165) is 10.9 Å². The van der Waals surface area contributed by atoms with Crippen molar-refractivity contribution in [2.24, 2.45) is 7.05 Å². The molecule has 4 N–H and O–H groups in total. The van der Waals surface area contributed by atoms with E-state index in [0.29, 0.717) is 11.5 Å². The van der Waals surface area contributed by atoms with Crippen LogP contribution in [0.3, 0.4) is 0 Å². The molecule has 62 valence electrons. The number of benzene rings is 1. The molecule has 0 aliphatic carbocycles. The minimum Gasteiger partial charge on any atom is -0.399 e. The van der Waals surface area contributed by atoms with Crippen LogP contribution in [-0.2, 0) is 7.05 Å². The summed E-state index contributed by atoms with van der Waals surface area (Å²) in [6.07, 6.45) is 0. The molecule has 0 radical (unpaired) electrons. The summed E-state index contributed by atoms with van der Waals surface area (Å²) in [5, 5.41) is 4.98. The number of aryl methyl sites for hydroxylation is 1. The van der Waals surface area contributed by atoms with Crippen molar-refractivity contribution in [3.8, 4) is 0 Å². The standard InChI is InChI=1S/C8H10N4/c1-12-7-3-2-5(9)4-6(7)8(10)11-12/h2-4H,9H2,1H3,(H2,10,11). The minimum absolute atomic E-state index is 0.528. The molecule has 0 unspecified atom stereocenters. The second-order valence-electron chi connectivity index (χ2n) is 2.79. The molecule has 2 rings (SSSR count). The molecule has 0 aliphatic rings. The van der Waals surface area contributed by atoms with Crippen molar-refractivity contribution in [2.75, 3.05) is 11.5 Å². The third-order valence-electron chi connectivity index (χ3n) is 1.90. The Morgan fingerprint density at radius 1 is 1.33 bits per heavy atom. The van der Waals surface area contributed by atoms with Crippen molar-refractivity contribution in [1.82, 2.24) is 9.78 Å². The van der Waals surface area contributed by atoms with Crippen LogP contribution in [0.4, 0.5) is 11.5 Å². The van der Waals surface area contributed by atoms with E-state index in [1.54, 1.807) is 4.68 Å². The summed E-state index contributed by atoms with van der Waals surface area (Å²) in [6, 6.07) is 5.58. The second-order valence-corrected chi connectivity index (χ2v) is 2.79. The smallest absolute Gasteiger partial charge is 0.153 e. The van der Waals surface area contributed by atoms with Gasteiger partial charge in [0.1, 0.15) is 0 Å². The number of aromatic nitrogens is 2. The molecule has 0 saturated carbocycles. The average molecular weight is 162 g/mol. The van der Waals surface area contributed by atoms with Gasteiger partial charge in [-0.3, -0.25) is 4.68 Å². The van der Waals surface area contributed by atoms with Crippen molar-refractivity contribution < 1.29 is 0 Å². The first-order valence-electron chi connectivity index (χ1n) is 3.66. The fourth-order valence-corrected chi connectivity index (χ4v) is 1.31. The van der Waals surface area contributed by atoms with Crippen LogP contribution in [-0.4, -0.2) is 9.78 Å². The number of hydrogen-bond acceptors (Lipinski definition) is 3. The molecule has 2 aromatic rings. The fourth-order valence-electron chi connectivity index (χ4n) is 1.31. The first-order valence-corrected chi connectivity index (χ1v) is 3.66. The molecule has 4 nitrogen and oxygen atoms in total. The molecule has 1 heterocycles. The van der Waals surface area contributed by atoms with E-state index >= 15 is 0 Å². The van der Waals surface area contributed by atoms with E-state index in [1.165, 1.54) is 0 Å². The van der Waals surface area contributed by atoms with Gasteiger partial charge in [0.15, 0.2) is 5.82 Å². The van der Waals surface area contributed by atoms with Gasteiger partial charge in [0.25, 0.3) is 0 Å². The van der Waals surface area contributed by atoms with E-state index in [1.807, 2.05) is 25.2 Å². The molecule has 0 saturated heterocycles. The molecular formula is C8H10N4. The second kappa shape index (κ2) is 2.14. The number of fused-ring (bicyclic) bond motifs is 1. The lowest BCUT2D eigenvalue weighted by Crippen LogP contribution is -1.91. The number of anilines is 2. The maximum Gasteiger partial charge on any atom is 0.153 e. The van der Waals surface area contributed by atoms with Crippen molar-refractivity contribution >= 4 is 22.4 Å². The summed E-state index contributed by atoms with van der Waals surface area (Å²) in [4.78, 5) is 0. The van der Waals surface area contributed by atoms with Gasteiger partial charge >= 0.3 is 0 Å². The molecule has 0 spiro atoms. The van der Waals surface area contributed by atoms with Gasteiger partial charge < -0.3 is 11.5 Å². The minimum atomic E-state index is 0.528. The molecule has 1 aromatic heterocycles. The summed E-state index contributed by atoms with van der Waals surface area (Å²) >= 11 is 0. The Morgan fingerprint density at radius 2 is 2.08 bits per heavy atom. The van der Waals surface area contributed by atoms with Crippen molar-refractivity contribution in [2.45, 2.75) is 0 Å². The summed E-state index contributed by atoms with van der Waals surface area (Å²) in [5.41, 5.74) is 13.0. The third-order valence-corrected chi connectivity index (χ3v) is 1.90. The number of rotatable bonds is 0. The van der Waals surface area contributed by atoms with Gasteiger partial charge in [-0.1, -0.05) is 0 Å². The molecule has 0 fully saturated rings. The molecule has 12 heavy (non-hydrogen) atoms. The lowest BCUT2D eigenvalue weighted by Gasteiger charge is -1.94. The predicted octanol–water partition coefficient (Wildman–Crippen LogP) is 0.738. The topological polar surface area (TPSA) is 69.9 Å². The van der Waals surface area contributed by atoms with Crippen LogP contribution < -0.4 is 11.5 Å². The molecule has 0 bridgehead atoms. The van der Waals surface area contributed by atoms with Crippen molar-refractivity contribution in [3.05, 3.63) is 18.2 Å². The van der Waals surface area contributed by atoms with Crippen LogP contribution in [0.25, 0.3) is 10.9 Å². The number of nitrogens with zero attached hydrogens (tertiary/aromatic N) is 2. The zero-order valence-corrected chi connectivity index (χ0v) is 6.78. The predicted molar refractivity (Wildman–Crippen MR) is 49.5 cm³/mol. The highest BCUT2D eigenvalue weighted by Crippen LogP contribution is 2.21. The van der Waals surface area contributed by atoms with Gasteiger partial charge in [0, 0.05) is 18.1 Å². The number of nitrogens with two attached hydrogens (primary N) is 2. The quantitative estimate of drug-likeness (QED) is 0.561. The average Bonchev–Trinajstić information content (AvgIpc) is 2.28. The van der Waals surface area contributed by atoms with Gasteiger partial charge in [-0.05, 0) is 18.2 Å². The van der Waals surface area contributed by atoms with Gasteiger partial charge in [-0.25, -0.2) is 0 Å². The molecule has 1 aromatic carbocycles. The van der Waals surface area contributed by atoms with Crippen molar-refractivity contribution in [3.63, 3.8) is 0 Å². The maximum absolute atomic E-state index is 5.66. The van der Waals surface area contributed by atoms with E-state index in [9.17, 15) is 0 Å². The SMILES string of the molecule is Cn1nc(N)c2cc(N)ccc21. The maximum atomic E-state index is 5.66. The van der Waals surface area contributed by atoms with Crippen LogP contribution in [0.5, 0.6) is 0 Å². The summed E-state index contributed by atoms with van der Waals surface area (Å²) in [5.74, 6) is 0.528. The lowest BCUT2D eigenvalue weighted by molar-refractivity contribution is 0.802. The zero-order valence-electron chi connectivity index (χ0n) is 6.78. The van der Waals surface area contributed by atoms with E-state index in [-0.39, 0.29) is 0 Å². The van der Waals surface area contributed by atoms with Gasteiger partial charge in [0.2, 0.25) is 0 Å². The molecular weight excluding hydrogens is 152 g/mol. The summed E-state index contributed by atoms with van der Waals surface area (Å²) in [7, 11) is 1.86. The molecule has 0 amide bonds. The van der Waals surface area contributed by atoms with E-state index in [2.05, 4.69) is 5.10 Å². The monoisotopic (exact) mass is 162 g/mol. The Morgan fingerprint density at radius 3 is 2.83 bits per heavy atom. The first-order chi connectivity index (χ1) is 5.68. The van der Waals surface area contributed by atoms with Crippen LogP contribution in [0.15, 0.2) is 18.2 Å². The van der Waals surface area contributed by atoms with Crippen LogP contribution in [0.2, 0.25) is 0 Å². The van der Waals surface area contributed by atoms with Crippen molar-refractivity contribution in [1.29, 1.82) is 0 Å². The van der Waals surface area contributed by atoms with E-state index < -0.39 is 0 Å². The van der Waals surface area contributed by atoms with Crippen LogP contribution in [0, 0.1) is 0 Å². The largest absolute Gasteiger partial charge is 0.399 e. The fraction of sp³-hybridized carbons (Fsp3) is 0.125. The highest BCUT2D eigenvalue weighted by molar-refractivity contribution is 5.91. The third kappa shape index (κ3) is 0.812. The Kier molecular flexibility index (Phi) is 1.24. The van der Waals surface area contributed by atoms with Crippen LogP contribution in [0.1, 0.15) is 0 Å². The number of hydrogen-bond donors (Lipinski definition) is 2. The Bertz CT molecular complexity index is 430. The zero-order chi connectivity index (χ0) is 8.72. The molecule has 0 atom stereocenters. The normalized spacial score (nSPS) is 10.8. The number of nitrogen functional groups attached to an aromatic ring is 2. The highest BCUT2D eigenvalue weighted by Gasteiger charge is 2.03. The van der Waals surface area contributed by atoms with Gasteiger partial charge in [-0.15, -0.1) is 0 Å². The Labute approximate surface area is 69.8 Å². The van der Waals surface area contributed by atoms with E-state index in [4.69, 9.17) is 11.5 Å². The molecule has 0 aliphatic heterocycles. The van der Waals surface area contributed by atoms with Gasteiger partial charge in [0.05, 0.1) is 5.52 Å². The molecule has 4 heteroatoms. The Balaban J connectivity index is 2.90. The van der Waals surface area contributed by atoms with Gasteiger partial charge in [-0.2, -0.15) is 5.10 Å². The highest BCUT2D eigenvalue weighted by atomic mass is 15.3. The summed E-state index contributed by atoms with van der Waals surface area (Å²) < 4.78 is 1.74. The van der Waals surface area contributed by atoms with Crippen LogP contribution >= 0.6 is 0 Å².